The molecule has 3 aromatic carbocycles. The fraction of sp³-hybridized carbons (Fsp3) is 0.353. The van der Waals surface area contributed by atoms with E-state index in [9.17, 15) is 19.2 Å². The van der Waals surface area contributed by atoms with Crippen molar-refractivity contribution in [2.75, 3.05) is 16.8 Å². The number of ether oxygens (including phenoxy) is 1. The molecule has 2 bridgehead atoms. The number of nitrogens with one attached hydrogen (secondary N) is 1. The molecule has 0 unspecified atom stereocenters. The zero-order valence-corrected chi connectivity index (χ0v) is 23.3. The van der Waals surface area contributed by atoms with Gasteiger partial charge in [0.15, 0.2) is 6.61 Å². The molecule has 0 spiro atoms. The Labute approximate surface area is 239 Å². The van der Waals surface area contributed by atoms with Gasteiger partial charge in [-0.05, 0) is 84.4 Å². The number of amides is 3. The molecule has 1 N–H and O–H groups in total. The highest BCUT2D eigenvalue weighted by molar-refractivity contribution is 6.22. The highest BCUT2D eigenvalue weighted by Crippen LogP contribution is 2.61. The number of carbonyl (C=O) groups excluding carboxylic acids is 4. The van der Waals surface area contributed by atoms with Crippen LogP contribution >= 0.6 is 0 Å². The van der Waals surface area contributed by atoms with Crippen LogP contribution in [0.1, 0.15) is 59.7 Å². The summed E-state index contributed by atoms with van der Waals surface area (Å²) in [5, 5.41) is 2.89. The molecule has 7 heteroatoms. The molecular formula is C34H34N2O5. The normalized spacial score (nSPS) is 24.4. The van der Waals surface area contributed by atoms with Crippen molar-refractivity contribution in [1.82, 2.24) is 0 Å². The summed E-state index contributed by atoms with van der Waals surface area (Å²) in [6.45, 7) is 3.63. The molecule has 7 nitrogen and oxygen atoms in total. The Kier molecular flexibility index (Phi) is 7.20. The van der Waals surface area contributed by atoms with Crippen LogP contribution in [0.4, 0.5) is 11.4 Å². The maximum absolute atomic E-state index is 13.6. The molecular weight excluding hydrogens is 516 g/mol. The van der Waals surface area contributed by atoms with Gasteiger partial charge in [-0.2, -0.15) is 0 Å². The Balaban J connectivity index is 1.10. The highest BCUT2D eigenvalue weighted by Gasteiger charge is 2.64. The predicted octanol–water partition coefficient (Wildman–Crippen LogP) is 5.54. The third kappa shape index (κ3) is 4.73. The van der Waals surface area contributed by atoms with E-state index in [1.165, 1.54) is 22.6 Å². The Bertz CT molecular complexity index is 1480. The zero-order chi connectivity index (χ0) is 28.7. The van der Waals surface area contributed by atoms with Crippen LogP contribution < -0.4 is 10.2 Å². The van der Waals surface area contributed by atoms with Crippen molar-refractivity contribution in [3.8, 4) is 0 Å². The van der Waals surface area contributed by atoms with E-state index >= 15 is 0 Å². The van der Waals surface area contributed by atoms with Gasteiger partial charge in [0.2, 0.25) is 11.8 Å². The van der Waals surface area contributed by atoms with Gasteiger partial charge in [0.05, 0.1) is 23.1 Å². The van der Waals surface area contributed by atoms with Gasteiger partial charge in [0.1, 0.15) is 0 Å². The Hall–Kier alpha value is -4.26. The molecule has 0 aromatic heterocycles. The lowest BCUT2D eigenvalue weighted by atomic mass is 9.73. The highest BCUT2D eigenvalue weighted by atomic mass is 16.5. The summed E-state index contributed by atoms with van der Waals surface area (Å²) in [5.41, 5.74) is 4.78. The summed E-state index contributed by atoms with van der Waals surface area (Å²) in [7, 11) is 0. The molecule has 2 aliphatic carbocycles. The number of benzene rings is 3. The van der Waals surface area contributed by atoms with E-state index in [1.54, 1.807) is 12.1 Å². The first kappa shape index (κ1) is 26.9. The minimum Gasteiger partial charge on any atom is -0.452 e. The van der Waals surface area contributed by atoms with Crippen LogP contribution in [0.2, 0.25) is 0 Å². The second-order valence-corrected chi connectivity index (χ2v) is 11.3. The van der Waals surface area contributed by atoms with Crippen LogP contribution in [0, 0.1) is 23.7 Å². The van der Waals surface area contributed by atoms with Crippen LogP contribution in [0.15, 0.2) is 72.8 Å². The van der Waals surface area contributed by atoms with Gasteiger partial charge in [-0.1, -0.05) is 62.4 Å². The van der Waals surface area contributed by atoms with Crippen molar-refractivity contribution < 1.29 is 23.9 Å². The van der Waals surface area contributed by atoms with Crippen molar-refractivity contribution in [2.24, 2.45) is 23.7 Å². The maximum Gasteiger partial charge on any atom is 0.338 e. The summed E-state index contributed by atoms with van der Waals surface area (Å²) in [6.07, 6.45) is 3.40. The number of anilines is 2. The van der Waals surface area contributed by atoms with E-state index in [0.717, 1.165) is 42.5 Å². The molecule has 1 saturated heterocycles. The number of esters is 1. The number of hydrogen-bond acceptors (Lipinski definition) is 5. The van der Waals surface area contributed by atoms with Crippen molar-refractivity contribution in [3.63, 3.8) is 0 Å². The molecule has 3 aliphatic rings. The first-order chi connectivity index (χ1) is 19.9. The summed E-state index contributed by atoms with van der Waals surface area (Å²) < 4.78 is 5.27. The molecule has 2 saturated carbocycles. The molecule has 1 aliphatic heterocycles. The molecule has 3 amide bonds. The Morgan fingerprint density at radius 1 is 0.829 bits per heavy atom. The first-order valence-corrected chi connectivity index (χ1v) is 14.5. The number of fused-ring (bicyclic) bond motifs is 5. The number of aryl methyl sites for hydroxylation is 2. The average molecular weight is 551 g/mol. The van der Waals surface area contributed by atoms with Gasteiger partial charge in [0, 0.05) is 5.69 Å². The van der Waals surface area contributed by atoms with Crippen LogP contribution in [-0.4, -0.2) is 30.3 Å². The lowest BCUT2D eigenvalue weighted by Crippen LogP contribution is -2.33. The van der Waals surface area contributed by atoms with Gasteiger partial charge >= 0.3 is 5.97 Å². The Morgan fingerprint density at radius 3 is 2.15 bits per heavy atom. The second-order valence-electron chi connectivity index (χ2n) is 11.3. The number of carbonyl (C=O) groups is 4. The van der Waals surface area contributed by atoms with E-state index in [4.69, 9.17) is 4.74 Å². The molecule has 0 radical (unpaired) electrons. The fourth-order valence-corrected chi connectivity index (χ4v) is 7.34. The quantitative estimate of drug-likeness (QED) is 0.294. The largest absolute Gasteiger partial charge is 0.452 e. The minimum absolute atomic E-state index is 0.134. The SMILES string of the molecule is CCc1cccc(CC)c1NC(=O)COC(=O)c1ccc(N2C(=O)[C@@H]3[C@@H]4C[C@@H]([C@@H]3C2=O)[C@H](c2ccccc2)C4)cc1. The fourth-order valence-electron chi connectivity index (χ4n) is 7.34. The monoisotopic (exact) mass is 550 g/mol. The zero-order valence-electron chi connectivity index (χ0n) is 23.3. The van der Waals surface area contributed by atoms with Gasteiger partial charge in [0.25, 0.3) is 5.91 Å². The summed E-state index contributed by atoms with van der Waals surface area (Å²) in [5.74, 6) is -1.19. The summed E-state index contributed by atoms with van der Waals surface area (Å²) in [6, 6.07) is 22.5. The van der Waals surface area contributed by atoms with Crippen molar-refractivity contribution in [1.29, 1.82) is 0 Å². The van der Waals surface area contributed by atoms with E-state index in [2.05, 4.69) is 17.4 Å². The van der Waals surface area contributed by atoms with Crippen molar-refractivity contribution in [3.05, 3.63) is 95.1 Å². The van der Waals surface area contributed by atoms with Crippen LogP contribution in [0.3, 0.4) is 0 Å². The summed E-state index contributed by atoms with van der Waals surface area (Å²) in [4.78, 5) is 53.6. The lowest BCUT2D eigenvalue weighted by Gasteiger charge is -2.28. The van der Waals surface area contributed by atoms with Crippen LogP contribution in [0.25, 0.3) is 0 Å². The van der Waals surface area contributed by atoms with E-state index in [0.29, 0.717) is 11.6 Å². The molecule has 210 valence electrons. The second kappa shape index (κ2) is 11.0. The third-order valence-corrected chi connectivity index (χ3v) is 9.20. The average Bonchev–Trinajstić information content (AvgIpc) is 3.67. The smallest absolute Gasteiger partial charge is 0.338 e. The lowest BCUT2D eigenvalue weighted by molar-refractivity contribution is -0.123. The molecule has 1 heterocycles. The summed E-state index contributed by atoms with van der Waals surface area (Å²) >= 11 is 0. The number of nitrogens with zero attached hydrogens (tertiary/aromatic N) is 1. The molecule has 3 fully saturated rings. The standard InChI is InChI=1S/C34H34N2O5/c1-3-20-11-8-12-21(4-2)31(20)35-28(37)19-41-34(40)23-13-15-25(16-14-23)36-32(38)29-24-17-26(22-9-6-5-7-10-22)27(18-24)30(29)33(36)39/h5-16,24,26-27,29-30H,3-4,17-19H2,1-2H3,(H,35,37)/t24-,26-,27+,29+,30-/m0/s1. The molecule has 41 heavy (non-hydrogen) atoms. The Morgan fingerprint density at radius 2 is 1.49 bits per heavy atom. The van der Waals surface area contributed by atoms with Gasteiger partial charge in [-0.15, -0.1) is 0 Å². The molecule has 3 aromatic rings. The van der Waals surface area contributed by atoms with Crippen molar-refractivity contribution >= 4 is 35.1 Å². The van der Waals surface area contributed by atoms with Gasteiger partial charge in [-0.25, -0.2) is 4.79 Å². The van der Waals surface area contributed by atoms with E-state index in [-0.39, 0.29) is 41.0 Å². The number of hydrogen-bond donors (Lipinski definition) is 1. The first-order valence-electron chi connectivity index (χ1n) is 14.5. The number of rotatable bonds is 8. The van der Waals surface area contributed by atoms with Gasteiger partial charge < -0.3 is 10.1 Å². The minimum atomic E-state index is -0.647. The molecule has 6 rings (SSSR count). The maximum atomic E-state index is 13.6. The van der Waals surface area contributed by atoms with Crippen LogP contribution in [-0.2, 0) is 32.0 Å². The molecule has 5 atom stereocenters. The van der Waals surface area contributed by atoms with Crippen LogP contribution in [0.5, 0.6) is 0 Å². The number of imide groups is 1. The number of para-hydroxylation sites is 1. The van der Waals surface area contributed by atoms with E-state index < -0.39 is 18.5 Å². The van der Waals surface area contributed by atoms with Crippen molar-refractivity contribution in [2.45, 2.75) is 45.4 Å². The predicted molar refractivity (Wildman–Crippen MR) is 155 cm³/mol. The van der Waals surface area contributed by atoms with E-state index in [1.807, 2.05) is 50.2 Å². The third-order valence-electron chi connectivity index (χ3n) is 9.20. The van der Waals surface area contributed by atoms with Gasteiger partial charge in [-0.3, -0.25) is 19.3 Å². The topological polar surface area (TPSA) is 92.8 Å².